The van der Waals surface area contributed by atoms with E-state index in [9.17, 15) is 8.42 Å². The van der Waals surface area contributed by atoms with Crippen LogP contribution in [0, 0.1) is 12.8 Å². The lowest BCUT2D eigenvalue weighted by Crippen LogP contribution is -2.31. The van der Waals surface area contributed by atoms with Crippen molar-refractivity contribution in [1.82, 2.24) is 24.5 Å². The summed E-state index contributed by atoms with van der Waals surface area (Å²) < 4.78 is 40.5. The Bertz CT molecular complexity index is 1590. The fraction of sp³-hybridized carbons (Fsp3) is 0.483. The Morgan fingerprint density at radius 1 is 1.05 bits per heavy atom. The van der Waals surface area contributed by atoms with E-state index in [1.165, 1.54) is 0 Å². The number of hydrogen-bond donors (Lipinski definition) is 0. The van der Waals surface area contributed by atoms with E-state index in [1.54, 1.807) is 24.3 Å². The summed E-state index contributed by atoms with van der Waals surface area (Å²) >= 11 is 0. The van der Waals surface area contributed by atoms with Crippen LogP contribution in [-0.2, 0) is 19.0 Å². The highest BCUT2D eigenvalue weighted by molar-refractivity contribution is 7.86. The number of aryl methyl sites for hydroxylation is 1. The van der Waals surface area contributed by atoms with Crippen molar-refractivity contribution in [3.63, 3.8) is 0 Å². The Morgan fingerprint density at radius 3 is 2.62 bits per heavy atom. The van der Waals surface area contributed by atoms with Gasteiger partial charge in [-0.15, -0.1) is 0 Å². The molecule has 0 spiro atoms. The molecule has 2 saturated carbocycles. The standard InChI is InChI=1S/C29H33N5O4S/c1-19-5-9-23(10-6-19)39(35,36)38-18-20-14-22(15-20)33-17-24(29(32-33)21-7-8-21)25-11-12-27-26(31-25)16-30-34(27)28-4-2-3-13-37-28/h5-6,9-12,16-17,20-22,28H,2-4,7-8,13-15,18H2,1H3/t20-,22-,28?. The van der Waals surface area contributed by atoms with Gasteiger partial charge >= 0.3 is 0 Å². The number of nitrogens with zero attached hydrogens (tertiary/aromatic N) is 5. The van der Waals surface area contributed by atoms with Gasteiger partial charge in [-0.2, -0.15) is 18.6 Å². The van der Waals surface area contributed by atoms with Crippen molar-refractivity contribution in [3.05, 3.63) is 60.0 Å². The van der Waals surface area contributed by atoms with Crippen molar-refractivity contribution in [2.45, 2.75) is 75.0 Å². The number of rotatable bonds is 8. The third kappa shape index (κ3) is 4.90. The molecule has 204 valence electrons. The van der Waals surface area contributed by atoms with Gasteiger partial charge in [0.1, 0.15) is 5.52 Å². The second kappa shape index (κ2) is 9.83. The number of hydrogen-bond acceptors (Lipinski definition) is 7. The summed E-state index contributed by atoms with van der Waals surface area (Å²) in [6, 6.07) is 11.2. The van der Waals surface area contributed by atoms with Gasteiger partial charge in [0.25, 0.3) is 10.1 Å². The minimum atomic E-state index is -3.74. The van der Waals surface area contributed by atoms with E-state index >= 15 is 0 Å². The highest BCUT2D eigenvalue weighted by Crippen LogP contribution is 2.46. The van der Waals surface area contributed by atoms with Crippen LogP contribution in [0.1, 0.15) is 74.4 Å². The second-order valence-electron chi connectivity index (χ2n) is 11.2. The average molecular weight is 548 g/mol. The molecule has 0 bridgehead atoms. The topological polar surface area (TPSA) is 101 Å². The predicted molar refractivity (Wildman–Crippen MR) is 146 cm³/mol. The molecule has 1 saturated heterocycles. The maximum atomic E-state index is 12.6. The Morgan fingerprint density at radius 2 is 1.87 bits per heavy atom. The molecule has 4 heterocycles. The molecule has 1 aromatic carbocycles. The molecule has 2 aliphatic carbocycles. The van der Waals surface area contributed by atoms with Gasteiger partial charge < -0.3 is 4.74 Å². The van der Waals surface area contributed by atoms with Crippen molar-refractivity contribution in [2.75, 3.05) is 13.2 Å². The summed E-state index contributed by atoms with van der Waals surface area (Å²) in [7, 11) is -3.74. The lowest BCUT2D eigenvalue weighted by molar-refractivity contribution is -0.0366. The van der Waals surface area contributed by atoms with E-state index in [0.717, 1.165) is 85.1 Å². The van der Waals surface area contributed by atoms with Crippen molar-refractivity contribution in [1.29, 1.82) is 0 Å². The van der Waals surface area contributed by atoms with Gasteiger partial charge in [0.05, 0.1) is 40.6 Å². The third-order valence-corrected chi connectivity index (χ3v) is 9.53. The molecule has 0 radical (unpaired) electrons. The monoisotopic (exact) mass is 547 g/mol. The van der Waals surface area contributed by atoms with Crippen LogP contribution >= 0.6 is 0 Å². The normalized spacial score (nSPS) is 23.7. The van der Waals surface area contributed by atoms with E-state index < -0.39 is 10.1 Å². The molecule has 1 aliphatic heterocycles. The fourth-order valence-corrected chi connectivity index (χ4v) is 6.67. The van der Waals surface area contributed by atoms with E-state index in [-0.39, 0.29) is 29.7 Å². The van der Waals surface area contributed by atoms with Gasteiger partial charge in [-0.25, -0.2) is 9.67 Å². The molecular formula is C29H33N5O4S. The maximum Gasteiger partial charge on any atom is 0.296 e. The largest absolute Gasteiger partial charge is 0.356 e. The lowest BCUT2D eigenvalue weighted by atomic mass is 9.81. The maximum absolute atomic E-state index is 12.6. The van der Waals surface area contributed by atoms with Crippen LogP contribution in [0.4, 0.5) is 0 Å². The molecule has 1 unspecified atom stereocenters. The number of aromatic nitrogens is 5. The summed E-state index contributed by atoms with van der Waals surface area (Å²) in [4.78, 5) is 5.18. The fourth-order valence-electron chi connectivity index (χ4n) is 5.69. The molecule has 9 nitrogen and oxygen atoms in total. The Hall–Kier alpha value is -3.08. The first-order valence-electron chi connectivity index (χ1n) is 14.0. The Labute approximate surface area is 228 Å². The average Bonchev–Trinajstić information content (AvgIpc) is 3.53. The van der Waals surface area contributed by atoms with Crippen molar-refractivity contribution in [3.8, 4) is 11.3 Å². The van der Waals surface area contributed by atoms with Gasteiger partial charge in [0, 0.05) is 24.3 Å². The van der Waals surface area contributed by atoms with E-state index in [2.05, 4.69) is 28.1 Å². The molecular weight excluding hydrogens is 514 g/mol. The molecule has 10 heteroatoms. The number of ether oxygens (including phenoxy) is 1. The number of benzene rings is 1. The Balaban J connectivity index is 1.05. The first kappa shape index (κ1) is 24.9. The minimum absolute atomic E-state index is 0.0175. The van der Waals surface area contributed by atoms with Crippen molar-refractivity contribution < 1.29 is 17.3 Å². The van der Waals surface area contributed by atoms with Gasteiger partial charge in [0.15, 0.2) is 6.23 Å². The smallest absolute Gasteiger partial charge is 0.296 e. The first-order chi connectivity index (χ1) is 18.9. The highest BCUT2D eigenvalue weighted by atomic mass is 32.2. The van der Waals surface area contributed by atoms with Crippen molar-refractivity contribution >= 4 is 21.2 Å². The van der Waals surface area contributed by atoms with E-state index in [0.29, 0.717) is 5.92 Å². The Kier molecular flexibility index (Phi) is 6.28. The SMILES string of the molecule is Cc1ccc(S(=O)(=O)OC[C@H]2C[C@H](n3cc(-c4ccc5c(cnn5C5CCCCO5)n4)c(C4CC4)n3)C2)cc1. The van der Waals surface area contributed by atoms with Gasteiger partial charge in [0.2, 0.25) is 0 Å². The summed E-state index contributed by atoms with van der Waals surface area (Å²) in [5.41, 5.74) is 6.00. The van der Waals surface area contributed by atoms with Gasteiger partial charge in [-0.05, 0) is 82.1 Å². The van der Waals surface area contributed by atoms with Crippen LogP contribution in [0.25, 0.3) is 22.3 Å². The first-order valence-corrected chi connectivity index (χ1v) is 15.4. The number of pyridine rings is 1. The molecule has 0 amide bonds. The molecule has 39 heavy (non-hydrogen) atoms. The zero-order valence-corrected chi connectivity index (χ0v) is 22.9. The van der Waals surface area contributed by atoms with Crippen LogP contribution in [0.5, 0.6) is 0 Å². The van der Waals surface area contributed by atoms with Crippen LogP contribution < -0.4 is 0 Å². The van der Waals surface area contributed by atoms with Gasteiger partial charge in [-0.3, -0.25) is 8.86 Å². The molecule has 3 aliphatic rings. The summed E-state index contributed by atoms with van der Waals surface area (Å²) in [5, 5.41) is 9.60. The van der Waals surface area contributed by atoms with Crippen LogP contribution in [-0.4, -0.2) is 46.2 Å². The molecule has 1 atom stereocenters. The molecule has 4 aromatic rings. The summed E-state index contributed by atoms with van der Waals surface area (Å²) in [6.07, 6.45) is 11.2. The predicted octanol–water partition coefficient (Wildman–Crippen LogP) is 5.54. The van der Waals surface area contributed by atoms with Crippen LogP contribution in [0.2, 0.25) is 0 Å². The molecule has 3 aromatic heterocycles. The van der Waals surface area contributed by atoms with Crippen molar-refractivity contribution in [2.24, 2.45) is 5.92 Å². The van der Waals surface area contributed by atoms with Crippen LogP contribution in [0.3, 0.4) is 0 Å². The zero-order valence-electron chi connectivity index (χ0n) is 22.1. The summed E-state index contributed by atoms with van der Waals surface area (Å²) in [5.74, 6) is 0.672. The highest BCUT2D eigenvalue weighted by Gasteiger charge is 2.36. The third-order valence-electron chi connectivity index (χ3n) is 8.24. The zero-order chi connectivity index (χ0) is 26.6. The minimum Gasteiger partial charge on any atom is -0.356 e. The molecule has 0 N–H and O–H groups in total. The van der Waals surface area contributed by atoms with Crippen LogP contribution in [0.15, 0.2) is 53.7 Å². The van der Waals surface area contributed by atoms with E-state index in [4.69, 9.17) is 19.0 Å². The van der Waals surface area contributed by atoms with E-state index in [1.807, 2.05) is 17.8 Å². The lowest BCUT2D eigenvalue weighted by Gasteiger charge is -2.34. The second-order valence-corrected chi connectivity index (χ2v) is 12.9. The van der Waals surface area contributed by atoms with Gasteiger partial charge in [-0.1, -0.05) is 17.7 Å². The summed E-state index contributed by atoms with van der Waals surface area (Å²) in [6.45, 7) is 2.90. The quantitative estimate of drug-likeness (QED) is 0.267. The molecule has 7 rings (SSSR count). The molecule has 3 fully saturated rings. The number of fused-ring (bicyclic) bond motifs is 1.